The zero-order valence-electron chi connectivity index (χ0n) is 11.4. The summed E-state index contributed by atoms with van der Waals surface area (Å²) in [4.78, 5) is 11.5. The summed E-state index contributed by atoms with van der Waals surface area (Å²) in [7, 11) is 1.44. The van der Waals surface area contributed by atoms with Gasteiger partial charge in [0.25, 0.3) is 0 Å². The van der Waals surface area contributed by atoms with E-state index in [4.69, 9.17) is 10.5 Å². The molecule has 0 aliphatic carbocycles. The predicted molar refractivity (Wildman–Crippen MR) is 69.7 cm³/mol. The van der Waals surface area contributed by atoms with Crippen LogP contribution in [0.15, 0.2) is 24.3 Å². The van der Waals surface area contributed by atoms with Crippen LogP contribution in [-0.2, 0) is 16.0 Å². The summed E-state index contributed by atoms with van der Waals surface area (Å²) >= 11 is 0. The number of nitrogens with two attached hydrogens (primary N) is 1. The summed E-state index contributed by atoms with van der Waals surface area (Å²) in [6, 6.07) is 4.71. The molecule has 0 aliphatic heterocycles. The minimum absolute atomic E-state index is 0.120. The fourth-order valence-corrected chi connectivity index (χ4v) is 1.57. The molecular weight excluding hydrogens is 289 g/mol. The zero-order valence-corrected chi connectivity index (χ0v) is 11.4. The highest BCUT2D eigenvalue weighted by Crippen LogP contribution is 2.22. The zero-order chi connectivity index (χ0) is 15.9. The molecular formula is C13H17F3N2O3. The second-order valence-electron chi connectivity index (χ2n) is 4.29. The smallest absolute Gasteiger partial charge is 0.406 e. The van der Waals surface area contributed by atoms with Gasteiger partial charge in [0.05, 0.1) is 6.61 Å². The van der Waals surface area contributed by atoms with Crippen LogP contribution < -0.4 is 15.8 Å². The molecule has 0 saturated heterocycles. The van der Waals surface area contributed by atoms with Gasteiger partial charge in [-0.25, -0.2) is 0 Å². The second kappa shape index (κ2) is 7.84. The van der Waals surface area contributed by atoms with Crippen molar-refractivity contribution in [1.82, 2.24) is 5.32 Å². The van der Waals surface area contributed by atoms with E-state index in [1.54, 1.807) is 0 Å². The standard InChI is InChI=1S/C13H17F3N2O3/c1-20-8-11(17)12(19)18-7-6-9-2-4-10(5-3-9)21-13(14,15)16/h2-5,11H,6-8,17H2,1H3,(H,18,19). The first kappa shape index (κ1) is 17.3. The van der Waals surface area contributed by atoms with Crippen molar-refractivity contribution in [1.29, 1.82) is 0 Å². The van der Waals surface area contributed by atoms with Crippen molar-refractivity contribution >= 4 is 5.91 Å². The van der Waals surface area contributed by atoms with E-state index in [0.29, 0.717) is 13.0 Å². The maximum Gasteiger partial charge on any atom is 0.573 e. The molecule has 0 heterocycles. The van der Waals surface area contributed by atoms with Gasteiger partial charge in [0.15, 0.2) is 0 Å². The molecule has 0 fully saturated rings. The lowest BCUT2D eigenvalue weighted by atomic mass is 10.1. The maximum atomic E-state index is 12.0. The molecule has 0 aromatic heterocycles. The molecule has 0 spiro atoms. The van der Waals surface area contributed by atoms with Gasteiger partial charge >= 0.3 is 6.36 Å². The third-order valence-electron chi connectivity index (χ3n) is 2.55. The van der Waals surface area contributed by atoms with Gasteiger partial charge in [-0.2, -0.15) is 0 Å². The molecule has 1 aromatic carbocycles. The minimum Gasteiger partial charge on any atom is -0.406 e. The number of nitrogens with one attached hydrogen (secondary N) is 1. The van der Waals surface area contributed by atoms with E-state index < -0.39 is 12.4 Å². The van der Waals surface area contributed by atoms with E-state index in [-0.39, 0.29) is 18.3 Å². The molecule has 8 heteroatoms. The number of halogens is 3. The Morgan fingerprint density at radius 2 is 1.95 bits per heavy atom. The van der Waals surface area contributed by atoms with E-state index in [1.165, 1.54) is 31.4 Å². The van der Waals surface area contributed by atoms with Crippen molar-refractivity contribution in [2.45, 2.75) is 18.8 Å². The number of rotatable bonds is 7. The third kappa shape index (κ3) is 6.96. The number of hydrogen-bond donors (Lipinski definition) is 2. The Labute approximate surface area is 120 Å². The molecule has 3 N–H and O–H groups in total. The van der Waals surface area contributed by atoms with E-state index in [2.05, 4.69) is 10.1 Å². The number of hydrogen-bond acceptors (Lipinski definition) is 4. The number of benzene rings is 1. The second-order valence-corrected chi connectivity index (χ2v) is 4.29. The predicted octanol–water partition coefficient (Wildman–Crippen LogP) is 1.22. The van der Waals surface area contributed by atoms with Crippen molar-refractivity contribution in [2.75, 3.05) is 20.3 Å². The van der Waals surface area contributed by atoms with Gasteiger partial charge in [0.2, 0.25) is 5.91 Å². The average molecular weight is 306 g/mol. The number of methoxy groups -OCH3 is 1. The quantitative estimate of drug-likeness (QED) is 0.794. The molecule has 0 aliphatic rings. The van der Waals surface area contributed by atoms with Gasteiger partial charge in [-0.3, -0.25) is 4.79 Å². The lowest BCUT2D eigenvalue weighted by Gasteiger charge is -2.11. The number of carbonyl (C=O) groups excluding carboxylic acids is 1. The van der Waals surface area contributed by atoms with E-state index in [9.17, 15) is 18.0 Å². The average Bonchev–Trinajstić information content (AvgIpc) is 2.39. The molecule has 1 amide bonds. The van der Waals surface area contributed by atoms with Crippen molar-refractivity contribution in [3.63, 3.8) is 0 Å². The Hall–Kier alpha value is -1.80. The number of alkyl halides is 3. The molecule has 0 radical (unpaired) electrons. The molecule has 1 aromatic rings. The Bertz CT molecular complexity index is 449. The van der Waals surface area contributed by atoms with Crippen molar-refractivity contribution in [3.8, 4) is 5.75 Å². The number of carbonyl (C=O) groups is 1. The highest BCUT2D eigenvalue weighted by atomic mass is 19.4. The molecule has 0 bridgehead atoms. The van der Waals surface area contributed by atoms with E-state index >= 15 is 0 Å². The largest absolute Gasteiger partial charge is 0.573 e. The number of amides is 1. The fourth-order valence-electron chi connectivity index (χ4n) is 1.57. The van der Waals surface area contributed by atoms with Crippen LogP contribution in [0.2, 0.25) is 0 Å². The highest BCUT2D eigenvalue weighted by molar-refractivity contribution is 5.81. The normalized spacial score (nSPS) is 12.8. The maximum absolute atomic E-state index is 12.0. The lowest BCUT2D eigenvalue weighted by molar-refractivity contribution is -0.274. The van der Waals surface area contributed by atoms with Crippen LogP contribution in [-0.4, -0.2) is 38.6 Å². The first-order valence-electron chi connectivity index (χ1n) is 6.18. The minimum atomic E-state index is -4.70. The van der Waals surface area contributed by atoms with Gasteiger partial charge in [0, 0.05) is 13.7 Å². The first-order valence-corrected chi connectivity index (χ1v) is 6.18. The van der Waals surface area contributed by atoms with Gasteiger partial charge in [-0.15, -0.1) is 13.2 Å². The van der Waals surface area contributed by atoms with Crippen LogP contribution in [0.3, 0.4) is 0 Å². The Morgan fingerprint density at radius 3 is 2.48 bits per heavy atom. The first-order chi connectivity index (χ1) is 9.81. The summed E-state index contributed by atoms with van der Waals surface area (Å²) in [5.41, 5.74) is 6.29. The van der Waals surface area contributed by atoms with Gasteiger partial charge in [0.1, 0.15) is 11.8 Å². The van der Waals surface area contributed by atoms with Crippen molar-refractivity contribution in [2.24, 2.45) is 5.73 Å². The Kier molecular flexibility index (Phi) is 6.44. The molecule has 1 unspecified atom stereocenters. The highest BCUT2D eigenvalue weighted by Gasteiger charge is 2.30. The molecule has 21 heavy (non-hydrogen) atoms. The van der Waals surface area contributed by atoms with E-state index in [1.807, 2.05) is 0 Å². The van der Waals surface area contributed by atoms with Gasteiger partial charge in [-0.05, 0) is 24.1 Å². The summed E-state index contributed by atoms with van der Waals surface area (Å²) in [5.74, 6) is -0.619. The topological polar surface area (TPSA) is 73.6 Å². The molecule has 0 saturated carbocycles. The van der Waals surface area contributed by atoms with Crippen LogP contribution >= 0.6 is 0 Å². The number of ether oxygens (including phenoxy) is 2. The van der Waals surface area contributed by atoms with Crippen LogP contribution in [0.1, 0.15) is 5.56 Å². The summed E-state index contributed by atoms with van der Waals surface area (Å²) < 4.78 is 44.4. The summed E-state index contributed by atoms with van der Waals surface area (Å²) in [6.45, 7) is 0.449. The fraction of sp³-hybridized carbons (Fsp3) is 0.462. The Morgan fingerprint density at radius 1 is 1.33 bits per heavy atom. The van der Waals surface area contributed by atoms with Crippen LogP contribution in [0.25, 0.3) is 0 Å². The third-order valence-corrected chi connectivity index (χ3v) is 2.55. The summed E-state index contributed by atoms with van der Waals surface area (Å²) in [6.07, 6.45) is -4.23. The van der Waals surface area contributed by atoms with E-state index in [0.717, 1.165) is 5.56 Å². The van der Waals surface area contributed by atoms with Crippen LogP contribution in [0.4, 0.5) is 13.2 Å². The molecule has 1 rings (SSSR count). The monoisotopic (exact) mass is 306 g/mol. The van der Waals surface area contributed by atoms with Crippen molar-refractivity contribution < 1.29 is 27.4 Å². The van der Waals surface area contributed by atoms with Gasteiger partial charge < -0.3 is 20.5 Å². The SMILES string of the molecule is COCC(N)C(=O)NCCc1ccc(OC(F)(F)F)cc1. The lowest BCUT2D eigenvalue weighted by Crippen LogP contribution is -2.44. The molecule has 5 nitrogen and oxygen atoms in total. The van der Waals surface area contributed by atoms with Crippen molar-refractivity contribution in [3.05, 3.63) is 29.8 Å². The van der Waals surface area contributed by atoms with Crippen LogP contribution in [0.5, 0.6) is 5.75 Å². The van der Waals surface area contributed by atoms with Gasteiger partial charge in [-0.1, -0.05) is 12.1 Å². The summed E-state index contributed by atoms with van der Waals surface area (Å²) in [5, 5.41) is 2.61. The van der Waals surface area contributed by atoms with Crippen LogP contribution in [0, 0.1) is 0 Å². The molecule has 1 atom stereocenters. The Balaban J connectivity index is 2.38. The molecule has 118 valence electrons.